The molecule has 1 aromatic rings. The molecule has 2 rings (SSSR count). The van der Waals surface area contributed by atoms with Crippen LogP contribution in [-0.2, 0) is 14.3 Å². The molecule has 0 aromatic heterocycles. The number of halogens is 2. The highest BCUT2D eigenvalue weighted by atomic mass is 79.9. The van der Waals surface area contributed by atoms with E-state index in [1.165, 1.54) is 7.11 Å². The first-order valence-electron chi connectivity index (χ1n) is 7.34. The van der Waals surface area contributed by atoms with Gasteiger partial charge < -0.3 is 19.9 Å². The summed E-state index contributed by atoms with van der Waals surface area (Å²) in [6, 6.07) is 5.57. The van der Waals surface area contributed by atoms with Gasteiger partial charge in [0.1, 0.15) is 23.2 Å². The molecule has 2 N–H and O–H groups in total. The summed E-state index contributed by atoms with van der Waals surface area (Å²) in [4.78, 5) is 12.5. The molecule has 0 saturated carbocycles. The van der Waals surface area contributed by atoms with E-state index in [-0.39, 0.29) is 23.6 Å². The number of hydrogen-bond donors (Lipinski definition) is 1. The maximum Gasteiger partial charge on any atom is 0.338 e. The smallest absolute Gasteiger partial charge is 0.338 e. The number of hydrogen-bond acceptors (Lipinski definition) is 6. The average molecular weight is 472 g/mol. The number of rotatable bonds is 4. The van der Waals surface area contributed by atoms with Crippen molar-refractivity contribution in [3.05, 3.63) is 49.4 Å². The number of nitrogens with two attached hydrogens (primary N) is 1. The predicted octanol–water partition coefficient (Wildman–Crippen LogP) is 3.86. The van der Waals surface area contributed by atoms with Crippen molar-refractivity contribution in [2.45, 2.75) is 19.8 Å². The molecule has 132 valence electrons. The third kappa shape index (κ3) is 3.67. The van der Waals surface area contributed by atoms with Crippen LogP contribution < -0.4 is 10.5 Å². The number of esters is 1. The lowest BCUT2D eigenvalue weighted by molar-refractivity contribution is -0.139. The quantitative estimate of drug-likeness (QED) is 0.670. The topological polar surface area (TPSA) is 94.6 Å². The zero-order chi connectivity index (χ0) is 18.7. The summed E-state index contributed by atoms with van der Waals surface area (Å²) in [5.74, 6) is -0.463. The Hall–Kier alpha value is -1.98. The van der Waals surface area contributed by atoms with Crippen LogP contribution in [0.5, 0.6) is 5.75 Å². The lowest BCUT2D eigenvalue weighted by Gasteiger charge is -2.27. The Morgan fingerprint density at radius 2 is 2.08 bits per heavy atom. The van der Waals surface area contributed by atoms with Gasteiger partial charge >= 0.3 is 5.97 Å². The minimum Gasteiger partial charge on any atom is -0.496 e. The van der Waals surface area contributed by atoms with Crippen molar-refractivity contribution in [2.75, 3.05) is 13.7 Å². The number of allylic oxidation sites excluding steroid dienone is 2. The summed E-state index contributed by atoms with van der Waals surface area (Å²) in [5, 5.41) is 9.58. The molecule has 0 amide bonds. The molecule has 8 heteroatoms. The second-order valence-corrected chi connectivity index (χ2v) is 6.83. The molecule has 0 radical (unpaired) electrons. The van der Waals surface area contributed by atoms with E-state index in [2.05, 4.69) is 31.9 Å². The summed E-state index contributed by atoms with van der Waals surface area (Å²) in [6.45, 7) is 3.53. The molecule has 1 heterocycles. The molecule has 1 atom stereocenters. The first-order chi connectivity index (χ1) is 11.8. The summed E-state index contributed by atoms with van der Waals surface area (Å²) in [6.07, 6.45) is 0. The highest BCUT2D eigenvalue weighted by Gasteiger charge is 2.37. The first-order valence-corrected chi connectivity index (χ1v) is 8.92. The van der Waals surface area contributed by atoms with Crippen LogP contribution in [0.25, 0.3) is 0 Å². The molecule has 0 bridgehead atoms. The van der Waals surface area contributed by atoms with Crippen molar-refractivity contribution < 1.29 is 19.0 Å². The zero-order valence-electron chi connectivity index (χ0n) is 13.9. The van der Waals surface area contributed by atoms with Gasteiger partial charge in [0.05, 0.1) is 29.7 Å². The van der Waals surface area contributed by atoms with Crippen LogP contribution in [0.2, 0.25) is 0 Å². The second kappa shape index (κ2) is 7.93. The molecule has 0 fully saturated rings. The van der Waals surface area contributed by atoms with Gasteiger partial charge in [-0.1, -0.05) is 15.9 Å². The van der Waals surface area contributed by atoms with E-state index in [9.17, 15) is 10.1 Å². The fourth-order valence-electron chi connectivity index (χ4n) is 2.59. The molecule has 1 aliphatic heterocycles. The first kappa shape index (κ1) is 19.3. The van der Waals surface area contributed by atoms with Gasteiger partial charge in [0, 0.05) is 4.47 Å². The number of carbonyl (C=O) groups is 1. The van der Waals surface area contributed by atoms with Gasteiger partial charge in [-0.05, 0) is 47.5 Å². The van der Waals surface area contributed by atoms with E-state index in [1.54, 1.807) is 26.0 Å². The molecule has 1 unspecified atom stereocenters. The van der Waals surface area contributed by atoms with Crippen molar-refractivity contribution in [3.63, 3.8) is 0 Å². The number of nitriles is 1. The molecular formula is C17H16Br2N2O4. The Bertz CT molecular complexity index is 825. The Balaban J connectivity index is 2.73. The summed E-state index contributed by atoms with van der Waals surface area (Å²) >= 11 is 6.89. The number of methoxy groups -OCH3 is 1. The third-order valence-electron chi connectivity index (χ3n) is 3.68. The van der Waals surface area contributed by atoms with Gasteiger partial charge in [-0.3, -0.25) is 0 Å². The SMILES string of the molecule is CCOC(=O)C1=C(C)OC(N)=C(C#N)C1c1cc(OC)c(Br)cc1Br. The summed E-state index contributed by atoms with van der Waals surface area (Å²) < 4.78 is 17.3. The monoisotopic (exact) mass is 470 g/mol. The molecule has 25 heavy (non-hydrogen) atoms. The summed E-state index contributed by atoms with van der Waals surface area (Å²) in [7, 11) is 1.53. The van der Waals surface area contributed by atoms with E-state index in [1.807, 2.05) is 6.07 Å². The average Bonchev–Trinajstić information content (AvgIpc) is 2.54. The van der Waals surface area contributed by atoms with Gasteiger partial charge in [0.15, 0.2) is 0 Å². The minimum absolute atomic E-state index is 0.0353. The van der Waals surface area contributed by atoms with Crippen LogP contribution in [0.15, 0.2) is 43.9 Å². The Morgan fingerprint density at radius 1 is 1.40 bits per heavy atom. The molecule has 0 aliphatic carbocycles. The maximum atomic E-state index is 12.5. The fourth-order valence-corrected chi connectivity index (χ4v) is 3.97. The number of benzene rings is 1. The van der Waals surface area contributed by atoms with Crippen molar-refractivity contribution >= 4 is 37.8 Å². The van der Waals surface area contributed by atoms with E-state index in [0.717, 1.165) is 4.47 Å². The second-order valence-electron chi connectivity index (χ2n) is 5.12. The maximum absolute atomic E-state index is 12.5. The van der Waals surface area contributed by atoms with E-state index < -0.39 is 11.9 Å². The lowest BCUT2D eigenvalue weighted by atomic mass is 9.83. The van der Waals surface area contributed by atoms with E-state index in [0.29, 0.717) is 21.5 Å². The minimum atomic E-state index is -0.728. The van der Waals surface area contributed by atoms with Crippen LogP contribution in [-0.4, -0.2) is 19.7 Å². The highest BCUT2D eigenvalue weighted by Crippen LogP contribution is 2.44. The van der Waals surface area contributed by atoms with Gasteiger partial charge in [0.2, 0.25) is 5.88 Å². The summed E-state index contributed by atoms with van der Waals surface area (Å²) in [5.41, 5.74) is 6.90. The highest BCUT2D eigenvalue weighted by molar-refractivity contribution is 9.11. The normalized spacial score (nSPS) is 17.0. The fraction of sp³-hybridized carbons (Fsp3) is 0.294. The predicted molar refractivity (Wildman–Crippen MR) is 98.4 cm³/mol. The number of nitrogens with zero attached hydrogens (tertiary/aromatic N) is 1. The Kier molecular flexibility index (Phi) is 6.14. The third-order valence-corrected chi connectivity index (χ3v) is 4.99. The van der Waals surface area contributed by atoms with Crippen LogP contribution in [0.1, 0.15) is 25.3 Å². The van der Waals surface area contributed by atoms with Crippen molar-refractivity contribution in [3.8, 4) is 11.8 Å². The van der Waals surface area contributed by atoms with Crippen LogP contribution >= 0.6 is 31.9 Å². The molecule has 1 aromatic carbocycles. The number of ether oxygens (including phenoxy) is 3. The van der Waals surface area contributed by atoms with E-state index >= 15 is 0 Å². The molecule has 1 aliphatic rings. The molecule has 0 spiro atoms. The van der Waals surface area contributed by atoms with Crippen molar-refractivity contribution in [2.24, 2.45) is 5.73 Å². The Morgan fingerprint density at radius 3 is 2.64 bits per heavy atom. The Labute approximate surface area is 162 Å². The standard InChI is InChI=1S/C17H16Br2N2O4/c1-4-24-17(22)14-8(2)25-16(21)10(7-20)15(14)9-5-13(23-3)12(19)6-11(9)18/h5-6,15H,4,21H2,1-3H3. The lowest BCUT2D eigenvalue weighted by Crippen LogP contribution is -2.25. The molecule has 0 saturated heterocycles. The van der Waals surface area contributed by atoms with Crippen LogP contribution in [0, 0.1) is 11.3 Å². The van der Waals surface area contributed by atoms with Gasteiger partial charge in [-0.15, -0.1) is 0 Å². The largest absolute Gasteiger partial charge is 0.496 e. The van der Waals surface area contributed by atoms with Gasteiger partial charge in [0.25, 0.3) is 0 Å². The van der Waals surface area contributed by atoms with Crippen molar-refractivity contribution in [1.29, 1.82) is 5.26 Å². The number of carbonyl (C=O) groups excluding carboxylic acids is 1. The van der Waals surface area contributed by atoms with E-state index in [4.69, 9.17) is 19.9 Å². The van der Waals surface area contributed by atoms with Gasteiger partial charge in [-0.2, -0.15) is 5.26 Å². The zero-order valence-corrected chi connectivity index (χ0v) is 17.0. The van der Waals surface area contributed by atoms with Crippen LogP contribution in [0.4, 0.5) is 0 Å². The molecular weight excluding hydrogens is 456 g/mol. The van der Waals surface area contributed by atoms with Gasteiger partial charge in [-0.25, -0.2) is 4.79 Å². The van der Waals surface area contributed by atoms with Crippen LogP contribution in [0.3, 0.4) is 0 Å². The van der Waals surface area contributed by atoms with Crippen molar-refractivity contribution in [1.82, 2.24) is 0 Å². The molecule has 6 nitrogen and oxygen atoms in total.